The molecule has 0 spiro atoms. The van der Waals surface area contributed by atoms with Gasteiger partial charge in [0.25, 0.3) is 0 Å². The highest BCUT2D eigenvalue weighted by molar-refractivity contribution is 8.76. The van der Waals surface area contributed by atoms with Crippen LogP contribution in [0.5, 0.6) is 0 Å². The third-order valence-corrected chi connectivity index (χ3v) is 19.2. The van der Waals surface area contributed by atoms with Crippen LogP contribution in [0.15, 0.2) is 73.4 Å². The van der Waals surface area contributed by atoms with Crippen LogP contribution in [0.25, 0.3) is 21.8 Å². The summed E-state index contributed by atoms with van der Waals surface area (Å²) in [7, 11) is 4.76. The van der Waals surface area contributed by atoms with E-state index in [1.807, 2.05) is 6.07 Å². The molecule has 0 radical (unpaired) electrons. The minimum Gasteiger partial charge on any atom is -0.481 e. The van der Waals surface area contributed by atoms with Gasteiger partial charge in [-0.15, -0.1) is 0 Å². The Kier molecular flexibility index (Phi) is 30.5. The SMILES string of the molecule is CN[C@H]1CSSC[C@@H](C(=O)N[C@H](C(=O)O)[C@@H](C)O)NC(=O)[C@H](Cc2c[nH]c3ccccc23)NC(=O)[C@H](C(C)C)NC(=O)[C@H](CC(C)C)N(C)C(=O)[C@H](CCC(=O)O)NC(=O)CNC(=O)[C@H](CC(C)C)NC(=O)[C@H](Cc2cnc[nH]2)NC(=O)[C@H](Cc2c[nH]c3ccccc23)NC(=O)[C@H](C)NC1=O. The lowest BCUT2D eigenvalue weighted by Crippen LogP contribution is -2.61. The monoisotopic (exact) mass is 1440 g/mol. The first-order valence-corrected chi connectivity index (χ1v) is 35.7. The van der Waals surface area contributed by atoms with Gasteiger partial charge in [-0.2, -0.15) is 0 Å². The van der Waals surface area contributed by atoms with Crippen LogP contribution in [0.1, 0.15) is 97.9 Å². The van der Waals surface area contributed by atoms with E-state index in [-0.39, 0.29) is 55.4 Å². The van der Waals surface area contributed by atoms with E-state index in [2.05, 4.69) is 78.4 Å². The Morgan fingerprint density at radius 2 is 1.16 bits per heavy atom. The first-order chi connectivity index (χ1) is 47.8. The number of hydrogen-bond donors (Lipinski definition) is 17. The number of carbonyl (C=O) groups excluding carboxylic acids is 11. The molecule has 34 heteroatoms. The molecular formula is C67H94N16O16S2. The van der Waals surface area contributed by atoms with Gasteiger partial charge < -0.3 is 93.7 Å². The second-order valence-corrected chi connectivity index (χ2v) is 28.7. The van der Waals surface area contributed by atoms with Gasteiger partial charge in [0.2, 0.25) is 65.0 Å². The van der Waals surface area contributed by atoms with E-state index in [1.54, 1.807) is 96.4 Å². The molecule has 4 heterocycles. The number of amides is 11. The van der Waals surface area contributed by atoms with Gasteiger partial charge in [0.05, 0.1) is 25.0 Å². The summed E-state index contributed by atoms with van der Waals surface area (Å²) in [5, 5.41) is 60.7. The molecule has 1 saturated heterocycles. The van der Waals surface area contributed by atoms with Crippen LogP contribution in [0.4, 0.5) is 0 Å². The van der Waals surface area contributed by atoms with E-state index in [9.17, 15) is 77.6 Å². The average Bonchev–Trinajstić information content (AvgIpc) is 1.75. The molecular weight excluding hydrogens is 1350 g/mol. The number of aromatic amines is 3. The number of aliphatic hydroxyl groups is 1. The first-order valence-electron chi connectivity index (χ1n) is 33.2. The minimum atomic E-state index is -1.85. The molecule has 1 aliphatic heterocycles. The predicted octanol–water partition coefficient (Wildman–Crippen LogP) is -0.212. The number of carboxylic acids is 2. The Hall–Kier alpha value is -9.54. The largest absolute Gasteiger partial charge is 0.481 e. The molecule has 3 aromatic heterocycles. The van der Waals surface area contributed by atoms with Crippen molar-refractivity contribution in [3.05, 3.63) is 90.3 Å². The Balaban J connectivity index is 1.40. The first kappa shape index (κ1) is 80.4. The zero-order valence-corrected chi connectivity index (χ0v) is 59.7. The molecule has 101 heavy (non-hydrogen) atoms. The molecule has 17 N–H and O–H groups in total. The van der Waals surface area contributed by atoms with Gasteiger partial charge in [-0.3, -0.25) is 57.5 Å². The molecule has 5 aromatic rings. The number of nitrogens with zero attached hydrogens (tertiary/aromatic N) is 2. The van der Waals surface area contributed by atoms with Crippen molar-refractivity contribution in [2.45, 2.75) is 173 Å². The number of imidazole rings is 1. The van der Waals surface area contributed by atoms with Gasteiger partial charge in [-0.1, -0.05) is 99.5 Å². The number of carbonyl (C=O) groups is 13. The topological polar surface area (TPSA) is 478 Å². The number of rotatable bonds is 19. The molecule has 0 unspecified atom stereocenters. The Morgan fingerprint density at radius 1 is 0.614 bits per heavy atom. The Bertz CT molecular complexity index is 3730. The molecule has 11 amide bonds. The minimum absolute atomic E-state index is 0.00403. The van der Waals surface area contributed by atoms with Gasteiger partial charge in [0.15, 0.2) is 6.04 Å². The fourth-order valence-corrected chi connectivity index (χ4v) is 13.6. The molecule has 1 fully saturated rings. The van der Waals surface area contributed by atoms with E-state index in [4.69, 9.17) is 0 Å². The number of benzene rings is 2. The summed E-state index contributed by atoms with van der Waals surface area (Å²) in [5.74, 6) is -14.3. The van der Waals surface area contributed by atoms with Gasteiger partial charge in [0.1, 0.15) is 54.4 Å². The Labute approximate surface area is 591 Å². The number of H-pyrrole nitrogens is 3. The summed E-state index contributed by atoms with van der Waals surface area (Å²) in [5.41, 5.74) is 2.89. The summed E-state index contributed by atoms with van der Waals surface area (Å²) in [6, 6.07) is -1.71. The van der Waals surface area contributed by atoms with E-state index >= 15 is 0 Å². The van der Waals surface area contributed by atoms with E-state index in [0.29, 0.717) is 38.6 Å². The van der Waals surface area contributed by atoms with E-state index in [1.165, 1.54) is 33.5 Å². The highest BCUT2D eigenvalue weighted by atomic mass is 33.1. The zero-order chi connectivity index (χ0) is 74.4. The maximum atomic E-state index is 14.9. The van der Waals surface area contributed by atoms with Gasteiger partial charge in [-0.05, 0) is 81.2 Å². The molecule has 1 aliphatic rings. The second-order valence-electron chi connectivity index (χ2n) is 26.1. The van der Waals surface area contributed by atoms with Crippen molar-refractivity contribution in [2.75, 3.05) is 32.1 Å². The second kappa shape index (κ2) is 38.3. The van der Waals surface area contributed by atoms with Crippen molar-refractivity contribution >= 4 is 120 Å². The van der Waals surface area contributed by atoms with Crippen LogP contribution in [0.3, 0.4) is 0 Å². The van der Waals surface area contributed by atoms with E-state index < -0.39 is 175 Å². The van der Waals surface area contributed by atoms with Crippen molar-refractivity contribution < 1.29 is 77.6 Å². The van der Waals surface area contributed by atoms with Crippen molar-refractivity contribution in [3.8, 4) is 0 Å². The fourth-order valence-electron chi connectivity index (χ4n) is 11.2. The normalized spacial score (nSPS) is 23.8. The molecule has 2 aromatic carbocycles. The van der Waals surface area contributed by atoms with Crippen LogP contribution in [0.2, 0.25) is 0 Å². The lowest BCUT2D eigenvalue weighted by molar-refractivity contribution is -0.145. The highest BCUT2D eigenvalue weighted by Gasteiger charge is 2.39. The zero-order valence-electron chi connectivity index (χ0n) is 58.0. The molecule has 550 valence electrons. The third kappa shape index (κ3) is 23.8. The van der Waals surface area contributed by atoms with Crippen LogP contribution in [-0.2, 0) is 81.6 Å². The average molecular weight is 1440 g/mol. The van der Waals surface area contributed by atoms with E-state index in [0.717, 1.165) is 33.4 Å². The number of fused-ring (bicyclic) bond motifs is 2. The summed E-state index contributed by atoms with van der Waals surface area (Å²) < 4.78 is 0. The number of likely N-dealkylation sites (N-methyl/N-ethyl adjacent to an activating group) is 2. The lowest BCUT2D eigenvalue weighted by atomic mass is 9.97. The summed E-state index contributed by atoms with van der Waals surface area (Å²) in [4.78, 5) is 198. The lowest BCUT2D eigenvalue weighted by Gasteiger charge is -2.33. The number of carboxylic acid groups (broad SMARTS) is 2. The third-order valence-electron chi connectivity index (χ3n) is 16.8. The Morgan fingerprint density at radius 3 is 1.69 bits per heavy atom. The van der Waals surface area contributed by atoms with Crippen molar-refractivity contribution in [3.63, 3.8) is 0 Å². The maximum Gasteiger partial charge on any atom is 0.328 e. The smallest absolute Gasteiger partial charge is 0.328 e. The quantitative estimate of drug-likeness (QED) is 0.0476. The van der Waals surface area contributed by atoms with Gasteiger partial charge in [0, 0.05) is 90.3 Å². The number of aromatic nitrogens is 4. The number of aliphatic carboxylic acids is 2. The van der Waals surface area contributed by atoms with Crippen LogP contribution in [0, 0.1) is 17.8 Å². The molecule has 0 bridgehead atoms. The molecule has 6 rings (SSSR count). The molecule has 0 saturated carbocycles. The van der Waals surface area contributed by atoms with Crippen molar-refractivity contribution in [1.82, 2.24) is 83.3 Å². The van der Waals surface area contributed by atoms with Gasteiger partial charge in [-0.25, -0.2) is 9.78 Å². The van der Waals surface area contributed by atoms with Crippen LogP contribution >= 0.6 is 21.6 Å². The van der Waals surface area contributed by atoms with Crippen molar-refractivity contribution in [1.29, 1.82) is 0 Å². The van der Waals surface area contributed by atoms with Gasteiger partial charge >= 0.3 is 11.9 Å². The number of hydrogen-bond acceptors (Lipinski definition) is 18. The number of nitrogens with one attached hydrogen (secondary N) is 14. The number of aliphatic hydroxyl groups excluding tert-OH is 1. The van der Waals surface area contributed by atoms with Crippen LogP contribution < -0.4 is 58.5 Å². The summed E-state index contributed by atoms with van der Waals surface area (Å²) in [6.45, 7) is 12.0. The summed E-state index contributed by atoms with van der Waals surface area (Å²) in [6.07, 6.45) is 2.69. The summed E-state index contributed by atoms with van der Waals surface area (Å²) >= 11 is 0. The standard InChI is InChI=1S/C67H94N16O16S2/c1-33(2)21-46-58(89)72-29-53(85)75-45(19-20-54(86)87)66(97)83(10)52(22-34(3)4)64(95)81-55(35(5)6)65(96)79-48(24-39-27-71-44-18-14-12-16-42(39)44)60(91)80-51(63(94)82-56(37(8)84)67(98)99)31-101-100-30-50(68-9)62(93)74-36(7)57(88)76-47(23-38-26-70-43-17-13-11-15-41(38)43)59(90)78-49(61(92)77-46)25-40-28-69-32-73-40/h11-18,26-28,32-37,45-52,55-56,68,70-71,84H,19-25,29-31H2,1-10H3,(H,69,73)(H,72,89)(H,74,93)(H,75,85)(H,76,88)(H,77,92)(H,78,90)(H,79,96)(H,80,91)(H,81,95)(H,82,94)(H,86,87)(H,98,99)/t36-,37+,45-,46-,47-,48-,49-,50-,51-,52-,55-,56-/m0/s1. The fraction of sp³-hybridized carbons (Fsp3) is 0.522. The van der Waals surface area contributed by atoms with Crippen molar-refractivity contribution in [2.24, 2.45) is 17.8 Å². The highest BCUT2D eigenvalue weighted by Crippen LogP contribution is 2.26. The predicted molar refractivity (Wildman–Crippen MR) is 377 cm³/mol. The van der Waals surface area contributed by atoms with Crippen LogP contribution in [-0.4, -0.2) is 222 Å². The molecule has 12 atom stereocenters. The molecule has 32 nitrogen and oxygen atoms in total. The maximum absolute atomic E-state index is 14.9. The number of para-hydroxylation sites is 2. The molecule has 0 aliphatic carbocycles.